The van der Waals surface area contributed by atoms with E-state index >= 15 is 0 Å². The van der Waals surface area contributed by atoms with E-state index in [4.69, 9.17) is 0 Å². The van der Waals surface area contributed by atoms with Crippen LogP contribution in [0.5, 0.6) is 0 Å². The van der Waals surface area contributed by atoms with Gasteiger partial charge in [-0.05, 0) is 50.4 Å². The predicted molar refractivity (Wildman–Crippen MR) is 79.3 cm³/mol. The Hall–Kier alpha value is -1.62. The second kappa shape index (κ2) is 6.70. The molecule has 1 saturated heterocycles. The Morgan fingerprint density at radius 3 is 2.85 bits per heavy atom. The van der Waals surface area contributed by atoms with Gasteiger partial charge in [0.05, 0.1) is 0 Å². The summed E-state index contributed by atoms with van der Waals surface area (Å²) in [6, 6.07) is 1.72. The van der Waals surface area contributed by atoms with Crippen LogP contribution in [-0.4, -0.2) is 47.1 Å². The van der Waals surface area contributed by atoms with E-state index in [0.29, 0.717) is 11.7 Å². The molecule has 1 fully saturated rings. The first-order valence-corrected chi connectivity index (χ1v) is 7.23. The van der Waals surface area contributed by atoms with E-state index in [0.717, 1.165) is 18.7 Å². The van der Waals surface area contributed by atoms with Gasteiger partial charge in [-0.1, -0.05) is 6.92 Å². The third-order valence-electron chi connectivity index (χ3n) is 3.76. The summed E-state index contributed by atoms with van der Waals surface area (Å²) in [5, 5.41) is 12.4. The number of pyridine rings is 1. The molecule has 0 radical (unpaired) electrons. The van der Waals surface area contributed by atoms with Gasteiger partial charge in [0.15, 0.2) is 0 Å². The molecule has 1 unspecified atom stereocenters. The fourth-order valence-electron chi connectivity index (χ4n) is 2.70. The highest BCUT2D eigenvalue weighted by molar-refractivity contribution is 5.94. The number of hydrogen-bond acceptors (Lipinski definition) is 4. The fraction of sp³-hybridized carbons (Fsp3) is 0.600. The molecule has 0 saturated carbocycles. The molecule has 5 nitrogen and oxygen atoms in total. The minimum absolute atomic E-state index is 0.279. The number of rotatable bonds is 6. The van der Waals surface area contributed by atoms with Crippen LogP contribution in [0.15, 0.2) is 12.3 Å². The van der Waals surface area contributed by atoms with Crippen molar-refractivity contribution in [3.05, 3.63) is 23.4 Å². The van der Waals surface area contributed by atoms with Crippen molar-refractivity contribution in [2.75, 3.05) is 31.5 Å². The van der Waals surface area contributed by atoms with Crippen molar-refractivity contribution < 1.29 is 9.90 Å². The molecule has 1 atom stereocenters. The van der Waals surface area contributed by atoms with Gasteiger partial charge in [-0.25, -0.2) is 9.78 Å². The second-order valence-electron chi connectivity index (χ2n) is 5.65. The fourth-order valence-corrected chi connectivity index (χ4v) is 2.70. The zero-order valence-electron chi connectivity index (χ0n) is 12.2. The normalized spacial score (nSPS) is 17.1. The van der Waals surface area contributed by atoms with Crippen molar-refractivity contribution >= 4 is 11.8 Å². The van der Waals surface area contributed by atoms with Crippen molar-refractivity contribution in [1.82, 2.24) is 9.88 Å². The Morgan fingerprint density at radius 2 is 2.20 bits per heavy atom. The third-order valence-corrected chi connectivity index (χ3v) is 3.76. The van der Waals surface area contributed by atoms with Crippen LogP contribution in [0, 0.1) is 12.8 Å². The summed E-state index contributed by atoms with van der Waals surface area (Å²) in [7, 11) is 0. The van der Waals surface area contributed by atoms with Gasteiger partial charge in [-0.3, -0.25) is 0 Å². The number of carboxylic acids is 1. The van der Waals surface area contributed by atoms with Gasteiger partial charge in [-0.2, -0.15) is 0 Å². The maximum Gasteiger partial charge on any atom is 0.339 e. The zero-order chi connectivity index (χ0) is 14.5. The van der Waals surface area contributed by atoms with E-state index in [1.165, 1.54) is 25.9 Å². The highest BCUT2D eigenvalue weighted by Gasteiger charge is 2.17. The van der Waals surface area contributed by atoms with E-state index in [-0.39, 0.29) is 5.56 Å². The molecule has 1 aromatic heterocycles. The van der Waals surface area contributed by atoms with E-state index < -0.39 is 5.97 Å². The number of nitrogens with zero attached hydrogens (tertiary/aromatic N) is 2. The number of anilines is 1. The lowest BCUT2D eigenvalue weighted by molar-refractivity contribution is 0.0696. The van der Waals surface area contributed by atoms with Crippen LogP contribution >= 0.6 is 0 Å². The van der Waals surface area contributed by atoms with Crippen LogP contribution in [0.1, 0.15) is 35.7 Å². The van der Waals surface area contributed by atoms with Gasteiger partial charge >= 0.3 is 5.97 Å². The van der Waals surface area contributed by atoms with Crippen LogP contribution < -0.4 is 5.32 Å². The molecular formula is C15H23N3O2. The molecule has 0 aromatic carbocycles. The van der Waals surface area contributed by atoms with Crippen LogP contribution in [0.25, 0.3) is 0 Å². The minimum Gasteiger partial charge on any atom is -0.478 e. The lowest BCUT2D eigenvalue weighted by Crippen LogP contribution is -2.29. The number of carbonyl (C=O) groups is 1. The lowest BCUT2D eigenvalue weighted by Gasteiger charge is -2.21. The van der Waals surface area contributed by atoms with Gasteiger partial charge in [0, 0.05) is 19.3 Å². The Balaban J connectivity index is 1.93. The number of aromatic nitrogens is 1. The number of carboxylic acid groups (broad SMARTS) is 1. The lowest BCUT2D eigenvalue weighted by atomic mass is 10.1. The summed E-state index contributed by atoms with van der Waals surface area (Å²) in [4.78, 5) is 17.9. The van der Waals surface area contributed by atoms with E-state index in [2.05, 4.69) is 22.1 Å². The van der Waals surface area contributed by atoms with E-state index in [9.17, 15) is 9.90 Å². The maximum absolute atomic E-state index is 11.3. The quantitative estimate of drug-likeness (QED) is 0.834. The van der Waals surface area contributed by atoms with Crippen LogP contribution in [0.4, 0.5) is 5.82 Å². The first-order chi connectivity index (χ1) is 9.58. The molecule has 1 aromatic rings. The molecule has 110 valence electrons. The van der Waals surface area contributed by atoms with Crippen molar-refractivity contribution in [1.29, 1.82) is 0 Å². The molecule has 0 aliphatic carbocycles. The average Bonchev–Trinajstić information content (AvgIpc) is 2.88. The van der Waals surface area contributed by atoms with Crippen LogP contribution in [0.3, 0.4) is 0 Å². The molecule has 2 heterocycles. The monoisotopic (exact) mass is 277 g/mol. The standard InChI is InChI=1S/C15H23N3O2/c1-11(10-18-7-3-4-8-18)9-17-14-13(15(19)20)12(2)5-6-16-14/h5-6,11H,3-4,7-10H2,1-2H3,(H,16,17)(H,19,20). The Labute approximate surface area is 120 Å². The minimum atomic E-state index is -0.926. The van der Waals surface area contributed by atoms with Gasteiger partial charge in [0.1, 0.15) is 11.4 Å². The smallest absolute Gasteiger partial charge is 0.339 e. The predicted octanol–water partition coefficient (Wildman–Crippen LogP) is 2.23. The van der Waals surface area contributed by atoms with Crippen molar-refractivity contribution in [3.63, 3.8) is 0 Å². The molecule has 0 bridgehead atoms. The molecule has 1 aliphatic rings. The second-order valence-corrected chi connectivity index (χ2v) is 5.65. The highest BCUT2D eigenvalue weighted by atomic mass is 16.4. The third kappa shape index (κ3) is 3.70. The summed E-state index contributed by atoms with van der Waals surface area (Å²) in [6.07, 6.45) is 4.24. The zero-order valence-corrected chi connectivity index (χ0v) is 12.2. The molecule has 0 amide bonds. The molecule has 1 aliphatic heterocycles. The highest BCUT2D eigenvalue weighted by Crippen LogP contribution is 2.17. The summed E-state index contributed by atoms with van der Waals surface area (Å²) in [5.41, 5.74) is 1.02. The number of nitrogens with one attached hydrogen (secondary N) is 1. The summed E-state index contributed by atoms with van der Waals surface area (Å²) < 4.78 is 0. The molecule has 5 heteroatoms. The first-order valence-electron chi connectivity index (χ1n) is 7.23. The average molecular weight is 277 g/mol. The Kier molecular flexibility index (Phi) is 4.95. The van der Waals surface area contributed by atoms with Crippen molar-refractivity contribution in [2.24, 2.45) is 5.92 Å². The first kappa shape index (κ1) is 14.8. The summed E-state index contributed by atoms with van der Waals surface area (Å²) >= 11 is 0. The van der Waals surface area contributed by atoms with Gasteiger partial charge in [0.2, 0.25) is 0 Å². The maximum atomic E-state index is 11.3. The van der Waals surface area contributed by atoms with Gasteiger partial charge in [0.25, 0.3) is 0 Å². The Morgan fingerprint density at radius 1 is 1.50 bits per heavy atom. The van der Waals surface area contributed by atoms with Crippen LogP contribution in [0.2, 0.25) is 0 Å². The van der Waals surface area contributed by atoms with Gasteiger partial charge < -0.3 is 15.3 Å². The van der Waals surface area contributed by atoms with Crippen LogP contribution in [-0.2, 0) is 0 Å². The summed E-state index contributed by atoms with van der Waals surface area (Å²) in [5.74, 6) is 0.0214. The SMILES string of the molecule is Cc1ccnc(NCC(C)CN2CCCC2)c1C(=O)O. The molecule has 0 spiro atoms. The number of aromatic carboxylic acids is 1. The molecular weight excluding hydrogens is 254 g/mol. The van der Waals surface area contributed by atoms with Gasteiger partial charge in [-0.15, -0.1) is 0 Å². The van der Waals surface area contributed by atoms with E-state index in [1.54, 1.807) is 19.2 Å². The Bertz CT molecular complexity index is 470. The topological polar surface area (TPSA) is 65.5 Å². The largest absolute Gasteiger partial charge is 0.478 e. The molecule has 20 heavy (non-hydrogen) atoms. The van der Waals surface area contributed by atoms with Crippen molar-refractivity contribution in [2.45, 2.75) is 26.7 Å². The number of hydrogen-bond donors (Lipinski definition) is 2. The van der Waals surface area contributed by atoms with Crippen molar-refractivity contribution in [3.8, 4) is 0 Å². The molecule has 2 N–H and O–H groups in total. The van der Waals surface area contributed by atoms with E-state index in [1.807, 2.05) is 0 Å². The number of aryl methyl sites for hydroxylation is 1. The summed E-state index contributed by atoms with van der Waals surface area (Å²) in [6.45, 7) is 8.15. The molecule has 2 rings (SSSR count). The number of likely N-dealkylation sites (tertiary alicyclic amines) is 1.